The Bertz CT molecular complexity index is 1570. The first-order valence-corrected chi connectivity index (χ1v) is 18.8. The van der Waals surface area contributed by atoms with Crippen LogP contribution in [0, 0.1) is 11.8 Å². The highest BCUT2D eigenvalue weighted by Gasteiger charge is 2.50. The average Bonchev–Trinajstić information content (AvgIpc) is 3.11. The summed E-state index contributed by atoms with van der Waals surface area (Å²) in [5.41, 5.74) is 6.27. The normalized spacial score (nSPS) is 20.0. The molecule has 6 aromatic carbocycles. The average molecular weight is 603 g/mol. The molecule has 0 amide bonds. The summed E-state index contributed by atoms with van der Waals surface area (Å²) >= 11 is 0. The summed E-state index contributed by atoms with van der Waals surface area (Å²) < 4.78 is 0. The summed E-state index contributed by atoms with van der Waals surface area (Å²) in [6.45, 7) is 0. The van der Waals surface area contributed by atoms with Gasteiger partial charge in [0.05, 0.1) is 0 Å². The summed E-state index contributed by atoms with van der Waals surface area (Å²) in [7, 11) is -1.03. The van der Waals surface area contributed by atoms with Gasteiger partial charge in [-0.15, -0.1) is 0 Å². The third-order valence-corrected chi connectivity index (χ3v) is 15.1. The van der Waals surface area contributed by atoms with Crippen LogP contribution in [-0.4, -0.2) is 12.3 Å². The van der Waals surface area contributed by atoms with Crippen LogP contribution in [0.1, 0.15) is 34.1 Å². The Labute approximate surface area is 264 Å². The lowest BCUT2D eigenvalue weighted by Crippen LogP contribution is -2.44. The molecule has 0 radical (unpaired) electrons. The van der Waals surface area contributed by atoms with Crippen LogP contribution in [0.2, 0.25) is 0 Å². The van der Waals surface area contributed by atoms with Crippen molar-refractivity contribution in [3.8, 4) is 0 Å². The summed E-state index contributed by atoms with van der Waals surface area (Å²) in [6.07, 6.45) is 2.40. The minimum atomic E-state index is -0.517. The number of hydrogen-bond donors (Lipinski definition) is 0. The van der Waals surface area contributed by atoms with Crippen LogP contribution in [-0.2, 0) is 0 Å². The molecule has 0 heterocycles. The predicted molar refractivity (Wildman–Crippen MR) is 191 cm³/mol. The lowest BCUT2D eigenvalue weighted by molar-refractivity contribution is 0.279. The lowest BCUT2D eigenvalue weighted by atomic mass is 9.55. The minimum absolute atomic E-state index is 0.415. The topological polar surface area (TPSA) is 0 Å². The molecule has 3 aliphatic rings. The van der Waals surface area contributed by atoms with Crippen LogP contribution in [0.25, 0.3) is 0 Å². The zero-order valence-electron chi connectivity index (χ0n) is 24.8. The van der Waals surface area contributed by atoms with Crippen LogP contribution in [0.4, 0.5) is 0 Å². The first-order chi connectivity index (χ1) is 21.9. The van der Waals surface area contributed by atoms with E-state index in [1.165, 1.54) is 33.5 Å². The molecule has 3 aliphatic carbocycles. The highest BCUT2D eigenvalue weighted by Crippen LogP contribution is 2.62. The third-order valence-electron chi connectivity index (χ3n) is 9.80. The van der Waals surface area contributed by atoms with Crippen molar-refractivity contribution in [3.05, 3.63) is 192 Å². The Kier molecular flexibility index (Phi) is 7.74. The first kappa shape index (κ1) is 27.7. The van der Waals surface area contributed by atoms with E-state index >= 15 is 0 Å². The molecule has 0 aromatic heterocycles. The highest BCUT2D eigenvalue weighted by atomic mass is 31.1. The zero-order chi connectivity index (χ0) is 29.3. The van der Waals surface area contributed by atoms with Gasteiger partial charge in [-0.1, -0.05) is 170 Å². The van der Waals surface area contributed by atoms with Crippen molar-refractivity contribution >= 4 is 37.1 Å². The molecule has 2 heteroatoms. The molecule has 0 unspecified atom stereocenters. The molecule has 0 N–H and O–H groups in total. The van der Waals surface area contributed by atoms with E-state index in [-0.39, 0.29) is 0 Å². The molecule has 2 bridgehead atoms. The van der Waals surface area contributed by atoms with Gasteiger partial charge < -0.3 is 0 Å². The molecular weight excluding hydrogens is 566 g/mol. The van der Waals surface area contributed by atoms with E-state index in [1.54, 1.807) is 22.3 Å². The maximum Gasteiger partial charge on any atom is 0.0130 e. The molecule has 6 aromatic rings. The van der Waals surface area contributed by atoms with Gasteiger partial charge in [-0.25, -0.2) is 0 Å². The van der Waals surface area contributed by atoms with E-state index in [0.29, 0.717) is 23.7 Å². The lowest BCUT2D eigenvalue weighted by Gasteiger charge is -2.52. The molecule has 0 spiro atoms. The molecular formula is C42H36P2. The van der Waals surface area contributed by atoms with Gasteiger partial charge in [-0.3, -0.25) is 0 Å². The van der Waals surface area contributed by atoms with E-state index in [1.807, 2.05) is 0 Å². The van der Waals surface area contributed by atoms with Gasteiger partial charge >= 0.3 is 0 Å². The van der Waals surface area contributed by atoms with E-state index in [2.05, 4.69) is 170 Å². The number of hydrogen-bond acceptors (Lipinski definition) is 0. The Morgan fingerprint density at radius 2 is 0.523 bits per heavy atom. The number of fused-ring (bicyclic) bond motifs is 1. The van der Waals surface area contributed by atoms with Crippen molar-refractivity contribution in [3.63, 3.8) is 0 Å². The Hall–Kier alpha value is -3.82. The standard InChI is InChI=1S/C42H36P2/c1-5-17-31(18-6-1)43(32-19-7-2-8-20-32)29-39-40(30-44(33-21-9-3-10-22-33)34-23-11-4-12-24-34)42-37-27-15-13-25-35(37)41(39)36-26-14-16-28-38(36)42/h1-28,39-42H,29-30H2/t39-,40-,41?,42?/m1/s1. The second kappa shape index (κ2) is 12.3. The highest BCUT2D eigenvalue weighted by molar-refractivity contribution is 7.73. The monoisotopic (exact) mass is 602 g/mol. The van der Waals surface area contributed by atoms with Gasteiger partial charge in [0.1, 0.15) is 0 Å². The van der Waals surface area contributed by atoms with Crippen LogP contribution < -0.4 is 21.2 Å². The van der Waals surface area contributed by atoms with Crippen molar-refractivity contribution in [2.45, 2.75) is 11.8 Å². The molecule has 214 valence electrons. The van der Waals surface area contributed by atoms with Crippen molar-refractivity contribution in [2.75, 3.05) is 12.3 Å². The second-order valence-electron chi connectivity index (χ2n) is 12.1. The fourth-order valence-corrected chi connectivity index (χ4v) is 13.3. The third kappa shape index (κ3) is 5.06. The fraction of sp³-hybridized carbons (Fsp3) is 0.143. The quantitative estimate of drug-likeness (QED) is 0.153. The van der Waals surface area contributed by atoms with Crippen LogP contribution in [0.5, 0.6) is 0 Å². The number of rotatable bonds is 8. The molecule has 0 nitrogen and oxygen atoms in total. The van der Waals surface area contributed by atoms with Crippen molar-refractivity contribution in [2.24, 2.45) is 11.8 Å². The Morgan fingerprint density at radius 3 is 0.773 bits per heavy atom. The van der Waals surface area contributed by atoms with Crippen molar-refractivity contribution in [1.82, 2.24) is 0 Å². The van der Waals surface area contributed by atoms with Crippen molar-refractivity contribution in [1.29, 1.82) is 0 Å². The smallest absolute Gasteiger partial charge is 0.0130 e. The van der Waals surface area contributed by atoms with Gasteiger partial charge in [0.2, 0.25) is 0 Å². The summed E-state index contributed by atoms with van der Waals surface area (Å²) in [5.74, 6) is 1.93. The van der Waals surface area contributed by atoms with Crippen LogP contribution >= 0.6 is 15.8 Å². The fourth-order valence-electron chi connectivity index (χ4n) is 7.96. The van der Waals surface area contributed by atoms with Gasteiger partial charge in [0.15, 0.2) is 0 Å². The van der Waals surface area contributed by atoms with Gasteiger partial charge in [0.25, 0.3) is 0 Å². The predicted octanol–water partition coefficient (Wildman–Crippen LogP) is 8.78. The van der Waals surface area contributed by atoms with E-state index in [9.17, 15) is 0 Å². The number of benzene rings is 6. The first-order valence-electron chi connectivity index (χ1n) is 15.8. The maximum absolute atomic E-state index is 2.44. The van der Waals surface area contributed by atoms with Crippen LogP contribution in [0.15, 0.2) is 170 Å². The second-order valence-corrected chi connectivity index (χ2v) is 16.6. The van der Waals surface area contributed by atoms with Gasteiger partial charge in [-0.2, -0.15) is 0 Å². The van der Waals surface area contributed by atoms with E-state index in [0.717, 1.165) is 0 Å². The van der Waals surface area contributed by atoms with Gasteiger partial charge in [-0.05, 0) is 83.5 Å². The largest absolute Gasteiger partial charge is 0.0622 e. The van der Waals surface area contributed by atoms with Gasteiger partial charge in [0, 0.05) is 11.8 Å². The maximum atomic E-state index is 2.44. The molecule has 0 saturated carbocycles. The molecule has 9 rings (SSSR count). The molecule has 0 saturated heterocycles. The zero-order valence-corrected chi connectivity index (χ0v) is 26.6. The van der Waals surface area contributed by atoms with Crippen LogP contribution in [0.3, 0.4) is 0 Å². The molecule has 44 heavy (non-hydrogen) atoms. The molecule has 0 fully saturated rings. The van der Waals surface area contributed by atoms with E-state index in [4.69, 9.17) is 0 Å². The molecule has 0 aliphatic heterocycles. The Balaban J connectivity index is 1.30. The summed E-state index contributed by atoms with van der Waals surface area (Å²) in [5, 5.41) is 5.96. The van der Waals surface area contributed by atoms with E-state index < -0.39 is 15.8 Å². The summed E-state index contributed by atoms with van der Waals surface area (Å²) in [4.78, 5) is 0. The molecule has 2 atom stereocenters. The van der Waals surface area contributed by atoms with Crippen molar-refractivity contribution < 1.29 is 0 Å². The minimum Gasteiger partial charge on any atom is -0.0622 e. The Morgan fingerprint density at radius 1 is 0.295 bits per heavy atom. The SMILES string of the molecule is c1ccc(P(C[C@H]2C3c4ccccc4C(c4ccccc43)[C@@H]2CP(c2ccccc2)c2ccccc2)c2ccccc2)cc1. The summed E-state index contributed by atoms with van der Waals surface area (Å²) in [6, 6.07) is 64.3.